The second-order valence-electron chi connectivity index (χ2n) is 3.71. The number of anilines is 1. The molecule has 1 aromatic heterocycles. The van der Waals surface area contributed by atoms with E-state index >= 15 is 0 Å². The van der Waals surface area contributed by atoms with Gasteiger partial charge in [0, 0.05) is 15.5 Å². The molecular formula is C12H12ClN3OS2. The van der Waals surface area contributed by atoms with Crippen LogP contribution in [-0.2, 0) is 5.75 Å². The fourth-order valence-corrected chi connectivity index (χ4v) is 3.54. The summed E-state index contributed by atoms with van der Waals surface area (Å²) in [5.41, 5.74) is 8.34. The van der Waals surface area contributed by atoms with Crippen molar-refractivity contribution in [1.29, 1.82) is 0 Å². The largest absolute Gasteiger partial charge is 0.398 e. The molecule has 4 nitrogen and oxygen atoms in total. The molecule has 7 heteroatoms. The lowest BCUT2D eigenvalue weighted by Crippen LogP contribution is -2.29. The molecule has 0 saturated heterocycles. The zero-order valence-electron chi connectivity index (χ0n) is 9.85. The number of hydrazine groups is 1. The molecule has 5 N–H and O–H groups in total. The van der Waals surface area contributed by atoms with E-state index in [1.807, 2.05) is 18.2 Å². The molecule has 2 rings (SSSR count). The van der Waals surface area contributed by atoms with Gasteiger partial charge in [-0.1, -0.05) is 11.6 Å². The molecule has 2 aromatic rings. The van der Waals surface area contributed by atoms with Crippen LogP contribution in [-0.4, -0.2) is 5.91 Å². The lowest BCUT2D eigenvalue weighted by Gasteiger charge is -2.02. The van der Waals surface area contributed by atoms with Gasteiger partial charge in [0.15, 0.2) is 0 Å². The minimum absolute atomic E-state index is 0.267. The van der Waals surface area contributed by atoms with Crippen LogP contribution >= 0.6 is 34.7 Å². The second-order valence-corrected chi connectivity index (χ2v) is 6.34. The molecule has 0 atom stereocenters. The highest BCUT2D eigenvalue weighted by atomic mass is 35.5. The van der Waals surface area contributed by atoms with Crippen LogP contribution in [0.2, 0.25) is 5.02 Å². The number of hydrogen-bond donors (Lipinski definition) is 3. The van der Waals surface area contributed by atoms with Gasteiger partial charge in [-0.05, 0) is 30.3 Å². The predicted octanol–water partition coefficient (Wildman–Crippen LogP) is 2.88. The van der Waals surface area contributed by atoms with Crippen molar-refractivity contribution in [3.05, 3.63) is 45.1 Å². The zero-order chi connectivity index (χ0) is 13.8. The summed E-state index contributed by atoms with van der Waals surface area (Å²) in [6.45, 7) is 0. The summed E-state index contributed by atoms with van der Waals surface area (Å²) in [5.74, 6) is 5.58. The summed E-state index contributed by atoms with van der Waals surface area (Å²) in [7, 11) is 0. The standard InChI is InChI=1S/C12H12ClN3OS2/c13-9-5-7(1-3-10(9)14)18-6-8-2-4-11(19-8)12(17)16-15/h1-5H,6,14-15H2,(H,16,17). The SMILES string of the molecule is NNC(=O)c1ccc(CSc2ccc(N)c(Cl)c2)s1. The first-order valence-corrected chi connectivity index (χ1v) is 7.55. The number of nitrogen functional groups attached to an aromatic ring is 2. The molecule has 0 bridgehead atoms. The molecule has 100 valence electrons. The first-order chi connectivity index (χ1) is 9.10. The van der Waals surface area contributed by atoms with Gasteiger partial charge in [0.1, 0.15) is 0 Å². The molecule has 19 heavy (non-hydrogen) atoms. The molecule has 0 fully saturated rings. The van der Waals surface area contributed by atoms with Gasteiger partial charge in [-0.15, -0.1) is 23.1 Å². The molecule has 0 aliphatic rings. The maximum atomic E-state index is 11.3. The van der Waals surface area contributed by atoms with Crippen LogP contribution in [0.1, 0.15) is 14.5 Å². The first-order valence-electron chi connectivity index (χ1n) is 5.37. The second kappa shape index (κ2) is 6.29. The average Bonchev–Trinajstić information content (AvgIpc) is 2.88. The van der Waals surface area contributed by atoms with Crippen molar-refractivity contribution in [2.75, 3.05) is 5.73 Å². The van der Waals surface area contributed by atoms with Crippen molar-refractivity contribution in [1.82, 2.24) is 5.43 Å². The Bertz CT molecular complexity index is 600. The van der Waals surface area contributed by atoms with Gasteiger partial charge in [-0.25, -0.2) is 5.84 Å². The number of benzene rings is 1. The quantitative estimate of drug-likeness (QED) is 0.266. The van der Waals surface area contributed by atoms with Crippen molar-refractivity contribution >= 4 is 46.3 Å². The number of thiophene rings is 1. The van der Waals surface area contributed by atoms with Gasteiger partial charge in [-0.2, -0.15) is 0 Å². The number of nitrogens with one attached hydrogen (secondary N) is 1. The minimum atomic E-state index is -0.267. The minimum Gasteiger partial charge on any atom is -0.398 e. The van der Waals surface area contributed by atoms with E-state index in [4.69, 9.17) is 23.2 Å². The Morgan fingerprint density at radius 3 is 2.84 bits per heavy atom. The van der Waals surface area contributed by atoms with E-state index in [0.29, 0.717) is 15.6 Å². The third kappa shape index (κ3) is 3.63. The van der Waals surface area contributed by atoms with Crippen LogP contribution < -0.4 is 17.0 Å². The number of hydrogen-bond acceptors (Lipinski definition) is 5. The molecule has 1 heterocycles. The van der Waals surface area contributed by atoms with E-state index in [1.165, 1.54) is 11.3 Å². The normalized spacial score (nSPS) is 10.4. The maximum absolute atomic E-state index is 11.3. The smallest absolute Gasteiger partial charge is 0.275 e. The molecule has 0 aliphatic carbocycles. The third-order valence-corrected chi connectivity index (χ3v) is 5.01. The number of thioether (sulfide) groups is 1. The summed E-state index contributed by atoms with van der Waals surface area (Å²) < 4.78 is 0. The Labute approximate surface area is 124 Å². The summed E-state index contributed by atoms with van der Waals surface area (Å²) >= 11 is 9.02. The van der Waals surface area contributed by atoms with Gasteiger partial charge in [-0.3, -0.25) is 10.2 Å². The Morgan fingerprint density at radius 1 is 1.37 bits per heavy atom. The fourth-order valence-electron chi connectivity index (χ4n) is 1.40. The first kappa shape index (κ1) is 14.2. The Hall–Kier alpha value is -1.21. The molecule has 0 radical (unpaired) electrons. The Kier molecular flexibility index (Phi) is 4.71. The summed E-state index contributed by atoms with van der Waals surface area (Å²) in [6.07, 6.45) is 0. The number of carbonyl (C=O) groups excluding carboxylic acids is 1. The van der Waals surface area contributed by atoms with Gasteiger partial charge >= 0.3 is 0 Å². The van der Waals surface area contributed by atoms with Crippen LogP contribution in [0.15, 0.2) is 35.2 Å². The van der Waals surface area contributed by atoms with Crippen LogP contribution in [0, 0.1) is 0 Å². The topological polar surface area (TPSA) is 81.1 Å². The van der Waals surface area contributed by atoms with Crippen LogP contribution in [0.3, 0.4) is 0 Å². The molecule has 0 aliphatic heterocycles. The van der Waals surface area contributed by atoms with Gasteiger partial charge in [0.25, 0.3) is 5.91 Å². The monoisotopic (exact) mass is 313 g/mol. The van der Waals surface area contributed by atoms with Crippen molar-refractivity contribution in [3.8, 4) is 0 Å². The molecule has 1 amide bonds. The predicted molar refractivity (Wildman–Crippen MR) is 81.4 cm³/mol. The number of amides is 1. The summed E-state index contributed by atoms with van der Waals surface area (Å²) in [5, 5.41) is 0.555. The lowest BCUT2D eigenvalue weighted by atomic mass is 10.3. The Morgan fingerprint density at radius 2 is 2.16 bits per heavy atom. The van der Waals surface area contributed by atoms with Crippen LogP contribution in [0.4, 0.5) is 5.69 Å². The van der Waals surface area contributed by atoms with E-state index in [2.05, 4.69) is 5.43 Å². The number of carbonyl (C=O) groups is 1. The number of rotatable bonds is 4. The highest BCUT2D eigenvalue weighted by molar-refractivity contribution is 7.98. The van der Waals surface area contributed by atoms with Crippen molar-refractivity contribution in [3.63, 3.8) is 0 Å². The zero-order valence-corrected chi connectivity index (χ0v) is 12.2. The van der Waals surface area contributed by atoms with Crippen LogP contribution in [0.25, 0.3) is 0 Å². The maximum Gasteiger partial charge on any atom is 0.275 e. The molecular weight excluding hydrogens is 302 g/mol. The molecule has 1 aromatic carbocycles. The van der Waals surface area contributed by atoms with E-state index in [1.54, 1.807) is 23.9 Å². The van der Waals surface area contributed by atoms with Crippen LogP contribution in [0.5, 0.6) is 0 Å². The highest BCUT2D eigenvalue weighted by Crippen LogP contribution is 2.30. The van der Waals surface area contributed by atoms with Crippen molar-refractivity contribution in [2.45, 2.75) is 10.6 Å². The fraction of sp³-hybridized carbons (Fsp3) is 0.0833. The molecule has 0 spiro atoms. The highest BCUT2D eigenvalue weighted by Gasteiger charge is 2.08. The third-order valence-electron chi connectivity index (χ3n) is 2.37. The summed E-state index contributed by atoms with van der Waals surface area (Å²) in [4.78, 5) is 14.1. The van der Waals surface area contributed by atoms with Gasteiger partial charge in [0.05, 0.1) is 15.6 Å². The van der Waals surface area contributed by atoms with Crippen molar-refractivity contribution < 1.29 is 4.79 Å². The van der Waals surface area contributed by atoms with Gasteiger partial charge < -0.3 is 5.73 Å². The Balaban J connectivity index is 2.00. The van der Waals surface area contributed by atoms with Crippen molar-refractivity contribution in [2.24, 2.45) is 5.84 Å². The van der Waals surface area contributed by atoms with E-state index in [0.717, 1.165) is 15.5 Å². The van der Waals surface area contributed by atoms with E-state index < -0.39 is 0 Å². The van der Waals surface area contributed by atoms with E-state index in [-0.39, 0.29) is 5.91 Å². The van der Waals surface area contributed by atoms with Gasteiger partial charge in [0.2, 0.25) is 0 Å². The molecule has 0 unspecified atom stereocenters. The van der Waals surface area contributed by atoms with E-state index in [9.17, 15) is 4.79 Å². The number of halogens is 1. The summed E-state index contributed by atoms with van der Waals surface area (Å²) in [6, 6.07) is 9.22. The average molecular weight is 314 g/mol. The number of nitrogens with two attached hydrogens (primary N) is 2. The molecule has 0 saturated carbocycles. The lowest BCUT2D eigenvalue weighted by molar-refractivity contribution is 0.0957.